The first kappa shape index (κ1) is 14.9. The van der Waals surface area contributed by atoms with Crippen LogP contribution in [0.4, 0.5) is 0 Å². The Morgan fingerprint density at radius 2 is 2.05 bits per heavy atom. The number of ether oxygens (including phenoxy) is 1. The maximum absolute atomic E-state index is 9.97. The number of rotatable bonds is 3. The summed E-state index contributed by atoms with van der Waals surface area (Å²) in [6.45, 7) is 6.28. The summed E-state index contributed by atoms with van der Waals surface area (Å²) in [4.78, 5) is 2.47. The SMILES string of the molecule is CC1CCC(CO)(CN2CCOc3ccccc3C2)CC1. The Kier molecular flexibility index (Phi) is 4.51. The lowest BCUT2D eigenvalue weighted by atomic mass is 9.71. The molecule has 1 aromatic carbocycles. The van der Waals surface area contributed by atoms with Crippen molar-refractivity contribution in [3.05, 3.63) is 29.8 Å². The molecule has 1 aliphatic heterocycles. The van der Waals surface area contributed by atoms with Gasteiger partial charge in [0.05, 0.1) is 0 Å². The molecule has 0 amide bonds. The molecule has 2 aliphatic rings. The van der Waals surface area contributed by atoms with E-state index < -0.39 is 0 Å². The highest BCUT2D eigenvalue weighted by Crippen LogP contribution is 2.39. The van der Waals surface area contributed by atoms with Gasteiger partial charge in [-0.1, -0.05) is 38.0 Å². The van der Waals surface area contributed by atoms with Crippen molar-refractivity contribution >= 4 is 0 Å². The molecule has 0 bridgehead atoms. The van der Waals surface area contributed by atoms with Crippen molar-refractivity contribution in [3.63, 3.8) is 0 Å². The van der Waals surface area contributed by atoms with Crippen LogP contribution in [0.15, 0.2) is 24.3 Å². The first-order valence-corrected chi connectivity index (χ1v) is 8.25. The number of nitrogens with zero attached hydrogens (tertiary/aromatic N) is 1. The van der Waals surface area contributed by atoms with Crippen molar-refractivity contribution in [1.82, 2.24) is 4.90 Å². The second kappa shape index (κ2) is 6.37. The van der Waals surface area contributed by atoms with Gasteiger partial charge in [-0.25, -0.2) is 0 Å². The molecule has 0 unspecified atom stereocenters. The van der Waals surface area contributed by atoms with Gasteiger partial charge in [-0.2, -0.15) is 0 Å². The standard InChI is InChI=1S/C18H27NO2/c1-15-6-8-18(14-20,9-7-15)13-19-10-11-21-17-5-3-2-4-16(17)12-19/h2-5,15,20H,6-14H2,1H3. The fourth-order valence-corrected chi connectivity index (χ4v) is 3.73. The summed E-state index contributed by atoms with van der Waals surface area (Å²) in [6.07, 6.45) is 4.82. The van der Waals surface area contributed by atoms with Crippen LogP contribution in [0.3, 0.4) is 0 Å². The number of fused-ring (bicyclic) bond motifs is 1. The number of hydrogen-bond acceptors (Lipinski definition) is 3. The molecule has 1 aliphatic carbocycles. The summed E-state index contributed by atoms with van der Waals surface area (Å²) in [5.41, 5.74) is 1.37. The average Bonchev–Trinajstić information content (AvgIpc) is 2.71. The Morgan fingerprint density at radius 3 is 2.81 bits per heavy atom. The number of aliphatic hydroxyl groups is 1. The third-order valence-electron chi connectivity index (χ3n) is 5.26. The Morgan fingerprint density at radius 1 is 1.29 bits per heavy atom. The zero-order valence-electron chi connectivity index (χ0n) is 13.1. The topological polar surface area (TPSA) is 32.7 Å². The summed E-state index contributed by atoms with van der Waals surface area (Å²) < 4.78 is 5.85. The van der Waals surface area contributed by atoms with Crippen LogP contribution in [0.5, 0.6) is 5.75 Å². The molecule has 0 radical (unpaired) electrons. The molecule has 3 heteroatoms. The molecule has 3 nitrogen and oxygen atoms in total. The van der Waals surface area contributed by atoms with E-state index in [1.807, 2.05) is 6.07 Å². The quantitative estimate of drug-likeness (QED) is 0.928. The maximum Gasteiger partial charge on any atom is 0.123 e. The van der Waals surface area contributed by atoms with Crippen LogP contribution in [-0.2, 0) is 6.54 Å². The van der Waals surface area contributed by atoms with Gasteiger partial charge in [-0.05, 0) is 24.8 Å². The predicted molar refractivity (Wildman–Crippen MR) is 84.4 cm³/mol. The predicted octanol–water partition coefficient (Wildman–Crippen LogP) is 3.07. The minimum Gasteiger partial charge on any atom is -0.492 e. The summed E-state index contributed by atoms with van der Waals surface area (Å²) in [7, 11) is 0. The fraction of sp³-hybridized carbons (Fsp3) is 0.667. The summed E-state index contributed by atoms with van der Waals surface area (Å²) in [5.74, 6) is 1.84. The second-order valence-electron chi connectivity index (χ2n) is 7.01. The molecule has 21 heavy (non-hydrogen) atoms. The molecule has 116 valence electrons. The first-order chi connectivity index (χ1) is 10.2. The molecule has 1 fully saturated rings. The maximum atomic E-state index is 9.97. The van der Waals surface area contributed by atoms with E-state index >= 15 is 0 Å². The highest BCUT2D eigenvalue weighted by molar-refractivity contribution is 5.33. The third kappa shape index (κ3) is 3.41. The van der Waals surface area contributed by atoms with Gasteiger partial charge in [0.25, 0.3) is 0 Å². The van der Waals surface area contributed by atoms with Gasteiger partial charge in [-0.15, -0.1) is 0 Å². The van der Waals surface area contributed by atoms with Crippen LogP contribution >= 0.6 is 0 Å². The van der Waals surface area contributed by atoms with Crippen LogP contribution in [0.25, 0.3) is 0 Å². The average molecular weight is 289 g/mol. The summed E-state index contributed by atoms with van der Waals surface area (Å²) in [5, 5.41) is 9.97. The second-order valence-corrected chi connectivity index (χ2v) is 7.01. The monoisotopic (exact) mass is 289 g/mol. The fourth-order valence-electron chi connectivity index (χ4n) is 3.73. The van der Waals surface area contributed by atoms with E-state index in [1.165, 1.54) is 18.4 Å². The highest BCUT2D eigenvalue weighted by atomic mass is 16.5. The van der Waals surface area contributed by atoms with Crippen molar-refractivity contribution in [3.8, 4) is 5.75 Å². The van der Waals surface area contributed by atoms with E-state index in [4.69, 9.17) is 4.74 Å². The van der Waals surface area contributed by atoms with Crippen LogP contribution in [0.2, 0.25) is 0 Å². The minimum atomic E-state index is 0.103. The van der Waals surface area contributed by atoms with Gasteiger partial charge in [0, 0.05) is 37.2 Å². The molecule has 1 saturated carbocycles. The van der Waals surface area contributed by atoms with E-state index in [0.717, 1.165) is 50.8 Å². The van der Waals surface area contributed by atoms with Gasteiger partial charge >= 0.3 is 0 Å². The van der Waals surface area contributed by atoms with Crippen LogP contribution in [-0.4, -0.2) is 36.3 Å². The number of para-hydroxylation sites is 1. The lowest BCUT2D eigenvalue weighted by molar-refractivity contribution is 0.0256. The molecule has 1 heterocycles. The zero-order chi connectivity index (χ0) is 14.7. The lowest BCUT2D eigenvalue weighted by Gasteiger charge is -2.41. The Labute approximate surface area is 127 Å². The Balaban J connectivity index is 1.69. The largest absolute Gasteiger partial charge is 0.492 e. The van der Waals surface area contributed by atoms with E-state index in [9.17, 15) is 5.11 Å². The smallest absolute Gasteiger partial charge is 0.123 e. The number of hydrogen-bond donors (Lipinski definition) is 1. The van der Waals surface area contributed by atoms with Gasteiger partial charge in [0.1, 0.15) is 12.4 Å². The van der Waals surface area contributed by atoms with Crippen molar-refractivity contribution in [2.24, 2.45) is 11.3 Å². The summed E-state index contributed by atoms with van der Waals surface area (Å²) in [6, 6.07) is 8.33. The highest BCUT2D eigenvalue weighted by Gasteiger charge is 2.35. The summed E-state index contributed by atoms with van der Waals surface area (Å²) >= 11 is 0. The van der Waals surface area contributed by atoms with Crippen LogP contribution < -0.4 is 4.74 Å². The molecule has 0 aromatic heterocycles. The van der Waals surface area contributed by atoms with Gasteiger partial charge in [0.15, 0.2) is 0 Å². The van der Waals surface area contributed by atoms with Crippen LogP contribution in [0, 0.1) is 11.3 Å². The van der Waals surface area contributed by atoms with E-state index in [1.54, 1.807) is 0 Å². The van der Waals surface area contributed by atoms with Crippen molar-refractivity contribution in [1.29, 1.82) is 0 Å². The number of benzene rings is 1. The molecular weight excluding hydrogens is 262 g/mol. The van der Waals surface area contributed by atoms with Crippen molar-refractivity contribution in [2.45, 2.75) is 39.2 Å². The van der Waals surface area contributed by atoms with Gasteiger partial charge < -0.3 is 9.84 Å². The van der Waals surface area contributed by atoms with Gasteiger partial charge in [0.2, 0.25) is 0 Å². The lowest BCUT2D eigenvalue weighted by Crippen LogP contribution is -2.43. The first-order valence-electron chi connectivity index (χ1n) is 8.25. The third-order valence-corrected chi connectivity index (χ3v) is 5.26. The normalized spacial score (nSPS) is 30.3. The molecular formula is C18H27NO2. The molecule has 1 aromatic rings. The minimum absolute atomic E-state index is 0.103. The van der Waals surface area contributed by atoms with Crippen molar-refractivity contribution in [2.75, 3.05) is 26.3 Å². The molecule has 1 N–H and O–H groups in total. The molecule has 3 rings (SSSR count). The van der Waals surface area contributed by atoms with E-state index in [-0.39, 0.29) is 5.41 Å². The van der Waals surface area contributed by atoms with Gasteiger partial charge in [-0.3, -0.25) is 4.90 Å². The Hall–Kier alpha value is -1.06. The van der Waals surface area contributed by atoms with Crippen molar-refractivity contribution < 1.29 is 9.84 Å². The van der Waals surface area contributed by atoms with E-state index in [2.05, 4.69) is 30.0 Å². The molecule has 0 spiro atoms. The number of aliphatic hydroxyl groups excluding tert-OH is 1. The Bertz CT molecular complexity index is 466. The molecule has 0 saturated heterocycles. The zero-order valence-corrected chi connectivity index (χ0v) is 13.1. The molecule has 0 atom stereocenters. The van der Waals surface area contributed by atoms with E-state index in [0.29, 0.717) is 6.61 Å². The van der Waals surface area contributed by atoms with Crippen LogP contribution in [0.1, 0.15) is 38.2 Å².